The lowest BCUT2D eigenvalue weighted by Gasteiger charge is -2.29. The lowest BCUT2D eigenvalue weighted by molar-refractivity contribution is 0.0920. The van der Waals surface area contributed by atoms with E-state index in [1.165, 1.54) is 0 Å². The molecule has 1 aromatic rings. The molecule has 0 unspecified atom stereocenters. The molecule has 0 spiro atoms. The van der Waals surface area contributed by atoms with Crippen molar-refractivity contribution in [2.45, 2.75) is 51.6 Å². The first-order valence-corrected chi connectivity index (χ1v) is 6.17. The quantitative estimate of drug-likeness (QED) is 0.717. The number of amides is 1. The van der Waals surface area contributed by atoms with Crippen molar-refractivity contribution in [2.75, 3.05) is 0 Å². The van der Waals surface area contributed by atoms with E-state index in [-0.39, 0.29) is 18.0 Å². The Hall–Kier alpha value is -1.36. The Kier molecular flexibility index (Phi) is 3.47. The maximum atomic E-state index is 12.1. The average Bonchev–Trinajstić information content (AvgIpc) is 2.62. The van der Waals surface area contributed by atoms with Gasteiger partial charge in [-0.2, -0.15) is 5.10 Å². The van der Waals surface area contributed by atoms with Crippen LogP contribution in [0.15, 0.2) is 0 Å². The summed E-state index contributed by atoms with van der Waals surface area (Å²) in [4.78, 5) is 12.1. The molecule has 0 bridgehead atoms. The summed E-state index contributed by atoms with van der Waals surface area (Å²) in [6, 6.07) is 0.185. The van der Waals surface area contributed by atoms with Crippen molar-refractivity contribution in [3.8, 4) is 0 Å². The smallest absolute Gasteiger partial charge is 0.255 e. The van der Waals surface area contributed by atoms with E-state index >= 15 is 0 Å². The molecule has 0 aliphatic heterocycles. The SMILES string of the molecule is Cc1n[nH]c(C)c1C(=O)N[C@@H]1CCCC[C@H]1N. The van der Waals surface area contributed by atoms with Gasteiger partial charge in [-0.25, -0.2) is 0 Å². The molecule has 0 aromatic carbocycles. The Bertz CT molecular complexity index is 393. The predicted octanol–water partition coefficient (Wildman–Crippen LogP) is 1.03. The van der Waals surface area contributed by atoms with Gasteiger partial charge in [0.25, 0.3) is 5.91 Å². The Morgan fingerprint density at radius 3 is 2.71 bits per heavy atom. The van der Waals surface area contributed by atoms with Crippen LogP contribution in [-0.4, -0.2) is 28.2 Å². The van der Waals surface area contributed by atoms with E-state index < -0.39 is 0 Å². The normalized spacial score (nSPS) is 24.6. The number of H-pyrrole nitrogens is 1. The molecule has 1 aromatic heterocycles. The fourth-order valence-electron chi connectivity index (χ4n) is 2.46. The zero-order valence-electron chi connectivity index (χ0n) is 10.4. The van der Waals surface area contributed by atoms with E-state index in [0.717, 1.165) is 37.1 Å². The molecule has 2 rings (SSSR count). The molecule has 1 saturated carbocycles. The summed E-state index contributed by atoms with van der Waals surface area (Å²) in [6.45, 7) is 3.69. The van der Waals surface area contributed by atoms with Crippen molar-refractivity contribution in [3.05, 3.63) is 17.0 Å². The number of hydrogen-bond acceptors (Lipinski definition) is 3. The Morgan fingerprint density at radius 1 is 1.41 bits per heavy atom. The lowest BCUT2D eigenvalue weighted by Crippen LogP contribution is -2.49. The second kappa shape index (κ2) is 4.87. The number of aromatic nitrogens is 2. The molecule has 17 heavy (non-hydrogen) atoms. The van der Waals surface area contributed by atoms with E-state index in [0.29, 0.717) is 5.56 Å². The number of hydrogen-bond donors (Lipinski definition) is 3. The van der Waals surface area contributed by atoms with E-state index in [9.17, 15) is 4.79 Å². The average molecular weight is 236 g/mol. The summed E-state index contributed by atoms with van der Waals surface area (Å²) >= 11 is 0. The molecule has 4 N–H and O–H groups in total. The van der Waals surface area contributed by atoms with Crippen molar-refractivity contribution in [1.29, 1.82) is 0 Å². The summed E-state index contributed by atoms with van der Waals surface area (Å²) in [5.74, 6) is -0.0592. The van der Waals surface area contributed by atoms with Crippen molar-refractivity contribution < 1.29 is 4.79 Å². The molecular formula is C12H20N4O. The van der Waals surface area contributed by atoms with Crippen LogP contribution in [0.2, 0.25) is 0 Å². The van der Waals surface area contributed by atoms with E-state index in [1.54, 1.807) is 0 Å². The molecule has 0 radical (unpaired) electrons. The van der Waals surface area contributed by atoms with Gasteiger partial charge >= 0.3 is 0 Å². The highest BCUT2D eigenvalue weighted by Gasteiger charge is 2.25. The highest BCUT2D eigenvalue weighted by Crippen LogP contribution is 2.18. The maximum Gasteiger partial charge on any atom is 0.255 e. The Labute approximate surface area is 101 Å². The summed E-state index contributed by atoms with van der Waals surface area (Å²) in [6.07, 6.45) is 4.27. The van der Waals surface area contributed by atoms with Gasteiger partial charge in [-0.3, -0.25) is 9.89 Å². The van der Waals surface area contributed by atoms with Crippen LogP contribution < -0.4 is 11.1 Å². The van der Waals surface area contributed by atoms with Crippen LogP contribution in [0.25, 0.3) is 0 Å². The number of nitrogens with two attached hydrogens (primary N) is 1. The predicted molar refractivity (Wildman–Crippen MR) is 65.8 cm³/mol. The van der Waals surface area contributed by atoms with Crippen molar-refractivity contribution in [2.24, 2.45) is 5.73 Å². The first kappa shape index (κ1) is 12.1. The molecule has 5 nitrogen and oxygen atoms in total. The van der Waals surface area contributed by atoms with Crippen LogP contribution in [0.5, 0.6) is 0 Å². The number of carbonyl (C=O) groups is 1. The van der Waals surface area contributed by atoms with Gasteiger partial charge in [0.1, 0.15) is 0 Å². The second-order valence-electron chi connectivity index (χ2n) is 4.84. The van der Waals surface area contributed by atoms with E-state index in [2.05, 4.69) is 15.5 Å². The Morgan fingerprint density at radius 2 is 2.12 bits per heavy atom. The van der Waals surface area contributed by atoms with Gasteiger partial charge in [0.15, 0.2) is 0 Å². The van der Waals surface area contributed by atoms with Gasteiger partial charge in [-0.1, -0.05) is 12.8 Å². The number of carbonyl (C=O) groups excluding carboxylic acids is 1. The third kappa shape index (κ3) is 2.49. The van der Waals surface area contributed by atoms with Crippen molar-refractivity contribution in [1.82, 2.24) is 15.5 Å². The molecule has 0 saturated heterocycles. The summed E-state index contributed by atoms with van der Waals surface area (Å²) in [5, 5.41) is 9.89. The van der Waals surface area contributed by atoms with Gasteiger partial charge in [0.2, 0.25) is 0 Å². The summed E-state index contributed by atoms with van der Waals surface area (Å²) in [7, 11) is 0. The number of nitrogens with one attached hydrogen (secondary N) is 2. The fraction of sp³-hybridized carbons (Fsp3) is 0.667. The largest absolute Gasteiger partial charge is 0.348 e. The third-order valence-corrected chi connectivity index (χ3v) is 3.49. The minimum atomic E-state index is -0.0592. The van der Waals surface area contributed by atoms with Crippen molar-refractivity contribution in [3.63, 3.8) is 0 Å². The zero-order valence-corrected chi connectivity index (χ0v) is 10.4. The first-order valence-electron chi connectivity index (χ1n) is 6.17. The topological polar surface area (TPSA) is 83.8 Å². The minimum Gasteiger partial charge on any atom is -0.348 e. The van der Waals surface area contributed by atoms with Crippen LogP contribution >= 0.6 is 0 Å². The summed E-state index contributed by atoms with van der Waals surface area (Å²) < 4.78 is 0. The molecule has 5 heteroatoms. The number of aromatic amines is 1. The second-order valence-corrected chi connectivity index (χ2v) is 4.84. The Balaban J connectivity index is 2.06. The number of rotatable bonds is 2. The van der Waals surface area contributed by atoms with Gasteiger partial charge < -0.3 is 11.1 Å². The van der Waals surface area contributed by atoms with Gasteiger partial charge in [-0.05, 0) is 26.7 Å². The molecular weight excluding hydrogens is 216 g/mol. The molecule has 2 atom stereocenters. The molecule has 1 aliphatic carbocycles. The third-order valence-electron chi connectivity index (χ3n) is 3.49. The van der Waals surface area contributed by atoms with E-state index in [1.807, 2.05) is 13.8 Å². The molecule has 1 heterocycles. The molecule has 94 valence electrons. The first-order chi connectivity index (χ1) is 8.09. The van der Waals surface area contributed by atoms with Gasteiger partial charge in [-0.15, -0.1) is 0 Å². The van der Waals surface area contributed by atoms with E-state index in [4.69, 9.17) is 5.73 Å². The van der Waals surface area contributed by atoms with Crippen molar-refractivity contribution >= 4 is 5.91 Å². The highest BCUT2D eigenvalue weighted by atomic mass is 16.1. The zero-order chi connectivity index (χ0) is 12.4. The lowest BCUT2D eigenvalue weighted by atomic mass is 9.91. The number of nitrogens with zero attached hydrogens (tertiary/aromatic N) is 1. The van der Waals surface area contributed by atoms with Crippen LogP contribution in [0.1, 0.15) is 47.4 Å². The standard InChI is InChI=1S/C12H20N4O/c1-7-11(8(2)16-15-7)12(17)14-10-6-4-3-5-9(10)13/h9-10H,3-6,13H2,1-2H3,(H,14,17)(H,15,16)/t9-,10-/m1/s1. The van der Waals surface area contributed by atoms with Crippen LogP contribution in [0.3, 0.4) is 0 Å². The fourth-order valence-corrected chi connectivity index (χ4v) is 2.46. The van der Waals surface area contributed by atoms with Crippen LogP contribution in [0.4, 0.5) is 0 Å². The monoisotopic (exact) mass is 236 g/mol. The molecule has 1 fully saturated rings. The van der Waals surface area contributed by atoms with Crippen LogP contribution in [0, 0.1) is 13.8 Å². The summed E-state index contributed by atoms with van der Waals surface area (Å²) in [5.41, 5.74) is 8.22. The number of aryl methyl sites for hydroxylation is 2. The van der Waals surface area contributed by atoms with Gasteiger partial charge in [0, 0.05) is 17.8 Å². The molecule has 1 amide bonds. The van der Waals surface area contributed by atoms with Gasteiger partial charge in [0.05, 0.1) is 11.3 Å². The molecule has 1 aliphatic rings. The maximum absolute atomic E-state index is 12.1. The highest BCUT2D eigenvalue weighted by molar-refractivity contribution is 5.96. The van der Waals surface area contributed by atoms with Crippen LogP contribution in [-0.2, 0) is 0 Å². The minimum absolute atomic E-state index is 0.0592.